The van der Waals surface area contributed by atoms with Gasteiger partial charge >= 0.3 is 0 Å². The van der Waals surface area contributed by atoms with Crippen molar-refractivity contribution < 1.29 is 9.84 Å². The van der Waals surface area contributed by atoms with Crippen LogP contribution in [0.3, 0.4) is 0 Å². The Hall–Kier alpha value is -2.19. The zero-order chi connectivity index (χ0) is 17.8. The van der Waals surface area contributed by atoms with Crippen LogP contribution in [-0.2, 0) is 4.74 Å². The predicted octanol–water partition coefficient (Wildman–Crippen LogP) is 1.94. The van der Waals surface area contributed by atoms with Crippen molar-refractivity contribution in [2.24, 2.45) is 0 Å². The van der Waals surface area contributed by atoms with Crippen LogP contribution in [0.1, 0.15) is 32.4 Å². The van der Waals surface area contributed by atoms with Crippen LogP contribution in [0.15, 0.2) is 18.0 Å². The average molecular weight is 346 g/mol. The minimum Gasteiger partial charge on any atom is -0.392 e. The Bertz CT molecular complexity index is 749. The van der Waals surface area contributed by atoms with Gasteiger partial charge in [0.05, 0.1) is 6.61 Å². The highest BCUT2D eigenvalue weighted by Crippen LogP contribution is 2.32. The Labute approximate surface area is 147 Å². The smallest absolute Gasteiger partial charge is 0.209 e. The van der Waals surface area contributed by atoms with Gasteiger partial charge in [0.25, 0.3) is 0 Å². The molecule has 0 saturated carbocycles. The fourth-order valence-corrected chi connectivity index (χ4v) is 2.92. The summed E-state index contributed by atoms with van der Waals surface area (Å²) < 4.78 is 8.03. The number of ether oxygens (including phenoxy) is 1. The fraction of sp³-hybridized carbons (Fsp3) is 0.588. The van der Waals surface area contributed by atoms with Crippen molar-refractivity contribution in [3.63, 3.8) is 0 Å². The van der Waals surface area contributed by atoms with Crippen molar-refractivity contribution in [3.8, 4) is 0 Å². The molecule has 8 nitrogen and oxygen atoms in total. The van der Waals surface area contributed by atoms with E-state index < -0.39 is 0 Å². The first-order valence-electron chi connectivity index (χ1n) is 8.64. The van der Waals surface area contributed by atoms with E-state index in [9.17, 15) is 0 Å². The number of hydrogen-bond donors (Lipinski definition) is 2. The Balaban J connectivity index is 1.98. The molecule has 2 N–H and O–H groups in total. The Kier molecular flexibility index (Phi) is 5.50. The van der Waals surface area contributed by atoms with Crippen LogP contribution in [0.25, 0.3) is 11.2 Å². The van der Waals surface area contributed by atoms with Gasteiger partial charge in [0.1, 0.15) is 12.6 Å². The van der Waals surface area contributed by atoms with Crippen molar-refractivity contribution >= 4 is 22.9 Å². The summed E-state index contributed by atoms with van der Waals surface area (Å²) in [5.74, 6) is 1.50. The van der Waals surface area contributed by atoms with Crippen LogP contribution < -0.4 is 10.2 Å². The molecule has 1 saturated heterocycles. The molecule has 3 rings (SSSR count). The van der Waals surface area contributed by atoms with Crippen LogP contribution in [0.4, 0.5) is 11.8 Å². The van der Waals surface area contributed by atoms with E-state index in [-0.39, 0.29) is 12.8 Å². The number of anilines is 2. The van der Waals surface area contributed by atoms with Crippen molar-refractivity contribution in [2.75, 3.05) is 44.1 Å². The first kappa shape index (κ1) is 17.6. The van der Waals surface area contributed by atoms with Crippen LogP contribution >= 0.6 is 0 Å². The maximum Gasteiger partial charge on any atom is 0.209 e. The van der Waals surface area contributed by atoms with E-state index in [1.54, 1.807) is 6.33 Å². The van der Waals surface area contributed by atoms with E-state index in [0.717, 1.165) is 48.6 Å². The molecular formula is C17H26N6O2. The van der Waals surface area contributed by atoms with Gasteiger partial charge in [-0.25, -0.2) is 15.0 Å². The molecule has 1 aliphatic heterocycles. The minimum absolute atomic E-state index is 0.0459. The summed E-state index contributed by atoms with van der Waals surface area (Å²) in [6, 6.07) is 0. The maximum absolute atomic E-state index is 9.09. The second-order valence-corrected chi connectivity index (χ2v) is 6.48. The Morgan fingerprint density at radius 2 is 2.28 bits per heavy atom. The van der Waals surface area contributed by atoms with E-state index >= 15 is 0 Å². The summed E-state index contributed by atoms with van der Waals surface area (Å²) in [5.41, 5.74) is 2.42. The highest BCUT2D eigenvalue weighted by atomic mass is 16.5. The number of nitrogens with one attached hydrogen (secondary N) is 1. The third kappa shape index (κ3) is 3.74. The van der Waals surface area contributed by atoms with E-state index in [2.05, 4.69) is 19.9 Å². The molecule has 1 unspecified atom stereocenters. The number of aromatic nitrogens is 4. The van der Waals surface area contributed by atoms with Gasteiger partial charge in [-0.2, -0.15) is 0 Å². The molecule has 2 aromatic heterocycles. The molecule has 8 heteroatoms. The SMILES string of the molecule is CC(=CCNc1ncnc2c1nc(N(C)C)n2C1CCCCO1)CO. The minimum atomic E-state index is -0.0459. The molecule has 0 aromatic carbocycles. The number of hydrogen-bond acceptors (Lipinski definition) is 7. The van der Waals surface area contributed by atoms with Gasteiger partial charge in [0.2, 0.25) is 5.95 Å². The number of nitrogens with zero attached hydrogens (tertiary/aromatic N) is 5. The first-order valence-corrected chi connectivity index (χ1v) is 8.64. The van der Waals surface area contributed by atoms with Crippen LogP contribution in [-0.4, -0.2) is 58.5 Å². The summed E-state index contributed by atoms with van der Waals surface area (Å²) in [7, 11) is 3.93. The van der Waals surface area contributed by atoms with Crippen LogP contribution in [0.2, 0.25) is 0 Å². The predicted molar refractivity (Wildman–Crippen MR) is 97.8 cm³/mol. The van der Waals surface area contributed by atoms with E-state index in [0.29, 0.717) is 12.4 Å². The second kappa shape index (κ2) is 7.79. The quantitative estimate of drug-likeness (QED) is 0.773. The van der Waals surface area contributed by atoms with Gasteiger partial charge in [0.15, 0.2) is 17.0 Å². The van der Waals surface area contributed by atoms with Crippen LogP contribution in [0, 0.1) is 0 Å². The van der Waals surface area contributed by atoms with Gasteiger partial charge in [-0.05, 0) is 26.2 Å². The lowest BCUT2D eigenvalue weighted by atomic mass is 10.2. The number of aliphatic hydroxyl groups is 1. The number of aliphatic hydroxyl groups excluding tert-OH is 1. The zero-order valence-electron chi connectivity index (χ0n) is 15.1. The lowest BCUT2D eigenvalue weighted by Crippen LogP contribution is -2.23. The second-order valence-electron chi connectivity index (χ2n) is 6.48. The highest BCUT2D eigenvalue weighted by molar-refractivity contribution is 5.85. The van der Waals surface area contributed by atoms with Gasteiger partial charge < -0.3 is 20.1 Å². The van der Waals surface area contributed by atoms with Crippen LogP contribution in [0.5, 0.6) is 0 Å². The summed E-state index contributed by atoms with van der Waals surface area (Å²) in [4.78, 5) is 15.5. The van der Waals surface area contributed by atoms with Gasteiger partial charge in [-0.15, -0.1) is 0 Å². The molecule has 1 aliphatic rings. The normalized spacial score (nSPS) is 18.6. The lowest BCUT2D eigenvalue weighted by molar-refractivity contribution is -0.0288. The molecule has 25 heavy (non-hydrogen) atoms. The largest absolute Gasteiger partial charge is 0.392 e. The fourth-order valence-electron chi connectivity index (χ4n) is 2.92. The maximum atomic E-state index is 9.09. The summed E-state index contributed by atoms with van der Waals surface area (Å²) in [5, 5.41) is 12.4. The molecule has 1 fully saturated rings. The molecule has 136 valence electrons. The van der Waals surface area contributed by atoms with E-state index in [1.165, 1.54) is 0 Å². The highest BCUT2D eigenvalue weighted by Gasteiger charge is 2.25. The van der Waals surface area contributed by atoms with Gasteiger partial charge in [-0.1, -0.05) is 11.6 Å². The third-order valence-corrected chi connectivity index (χ3v) is 4.27. The molecule has 0 aliphatic carbocycles. The summed E-state index contributed by atoms with van der Waals surface area (Å²) in [6.07, 6.45) is 6.63. The topological polar surface area (TPSA) is 88.3 Å². The molecule has 2 aromatic rings. The monoisotopic (exact) mass is 346 g/mol. The number of fused-ring (bicyclic) bond motifs is 1. The summed E-state index contributed by atoms with van der Waals surface area (Å²) >= 11 is 0. The molecule has 3 heterocycles. The molecule has 0 amide bonds. The van der Waals surface area contributed by atoms with Crippen molar-refractivity contribution in [2.45, 2.75) is 32.4 Å². The molecule has 0 spiro atoms. The lowest BCUT2D eigenvalue weighted by Gasteiger charge is -2.26. The third-order valence-electron chi connectivity index (χ3n) is 4.27. The standard InChI is InChI=1S/C17H26N6O2/c1-12(10-24)7-8-18-15-14-16(20-11-19-15)23(17(21-14)22(2)3)13-6-4-5-9-25-13/h7,11,13,24H,4-6,8-10H2,1-3H3,(H,18,19,20). The zero-order valence-corrected chi connectivity index (χ0v) is 15.1. The molecular weight excluding hydrogens is 320 g/mol. The molecule has 1 atom stereocenters. The van der Waals surface area contributed by atoms with Gasteiger partial charge in [0, 0.05) is 27.2 Å². The summed E-state index contributed by atoms with van der Waals surface area (Å²) in [6.45, 7) is 3.27. The first-order chi connectivity index (χ1) is 12.1. The van der Waals surface area contributed by atoms with E-state index in [4.69, 9.17) is 14.8 Å². The van der Waals surface area contributed by atoms with Crippen molar-refractivity contribution in [1.29, 1.82) is 0 Å². The number of rotatable bonds is 6. The van der Waals surface area contributed by atoms with E-state index in [1.807, 2.05) is 32.0 Å². The van der Waals surface area contributed by atoms with Crippen molar-refractivity contribution in [1.82, 2.24) is 19.5 Å². The molecule has 0 radical (unpaired) electrons. The Morgan fingerprint density at radius 3 is 2.96 bits per heavy atom. The average Bonchev–Trinajstić information content (AvgIpc) is 3.03. The van der Waals surface area contributed by atoms with Gasteiger partial charge in [-0.3, -0.25) is 4.57 Å². The molecule has 0 bridgehead atoms. The van der Waals surface area contributed by atoms with Crippen molar-refractivity contribution in [3.05, 3.63) is 18.0 Å². The number of imidazole rings is 1. The Morgan fingerprint density at radius 1 is 1.44 bits per heavy atom.